The third-order valence-electron chi connectivity index (χ3n) is 5.35. The van der Waals surface area contributed by atoms with Gasteiger partial charge in [0.1, 0.15) is 11.3 Å². The molecular formula is C21H26ClN5O5. The molecule has 4 N–H and O–H groups in total. The number of amides is 3. The summed E-state index contributed by atoms with van der Waals surface area (Å²) in [5, 5.41) is 17.1. The molecule has 172 valence electrons. The van der Waals surface area contributed by atoms with Crippen molar-refractivity contribution in [3.8, 4) is 5.75 Å². The zero-order chi connectivity index (χ0) is 23.1. The highest BCUT2D eigenvalue weighted by Crippen LogP contribution is 2.34. The Morgan fingerprint density at radius 2 is 1.88 bits per heavy atom. The van der Waals surface area contributed by atoms with Crippen molar-refractivity contribution in [2.75, 3.05) is 0 Å². The first-order valence-electron chi connectivity index (χ1n) is 10.5. The summed E-state index contributed by atoms with van der Waals surface area (Å²) >= 11 is 5.82. The fourth-order valence-corrected chi connectivity index (χ4v) is 3.96. The van der Waals surface area contributed by atoms with Crippen molar-refractivity contribution in [1.29, 1.82) is 0 Å². The monoisotopic (exact) mass is 463 g/mol. The summed E-state index contributed by atoms with van der Waals surface area (Å²) in [6, 6.07) is 4.01. The predicted molar refractivity (Wildman–Crippen MR) is 115 cm³/mol. The summed E-state index contributed by atoms with van der Waals surface area (Å²) in [5.74, 6) is -0.905. The van der Waals surface area contributed by atoms with E-state index in [0.29, 0.717) is 5.82 Å². The highest BCUT2D eigenvalue weighted by molar-refractivity contribution is 6.31. The molecule has 0 atom stereocenters. The number of phenolic OH excluding ortho intramolecular Hbond substituents is 1. The van der Waals surface area contributed by atoms with E-state index in [1.807, 2.05) is 0 Å². The fraction of sp³-hybridized carbons (Fsp3) is 0.476. The van der Waals surface area contributed by atoms with Gasteiger partial charge in [0.2, 0.25) is 17.7 Å². The van der Waals surface area contributed by atoms with Gasteiger partial charge in [-0.05, 0) is 31.0 Å². The van der Waals surface area contributed by atoms with Gasteiger partial charge in [-0.15, -0.1) is 0 Å². The molecule has 0 aliphatic heterocycles. The number of aromatic hydroxyl groups is 1. The topological polar surface area (TPSA) is 146 Å². The Kier molecular flexibility index (Phi) is 7.68. The van der Waals surface area contributed by atoms with E-state index in [9.17, 15) is 19.5 Å². The molecule has 1 heterocycles. The van der Waals surface area contributed by atoms with Gasteiger partial charge in [0.25, 0.3) is 5.91 Å². The van der Waals surface area contributed by atoms with Crippen LogP contribution in [-0.2, 0) is 21.5 Å². The number of rotatable bonds is 6. The Morgan fingerprint density at radius 3 is 2.56 bits per heavy atom. The van der Waals surface area contributed by atoms with Crippen LogP contribution >= 0.6 is 11.6 Å². The molecule has 1 aromatic carbocycles. The molecule has 2 aromatic rings. The third-order valence-corrected chi connectivity index (χ3v) is 5.59. The Morgan fingerprint density at radius 1 is 1.16 bits per heavy atom. The van der Waals surface area contributed by atoms with E-state index >= 15 is 0 Å². The molecule has 0 spiro atoms. The molecule has 0 unspecified atom stereocenters. The first kappa shape index (κ1) is 23.5. The van der Waals surface area contributed by atoms with Crippen LogP contribution in [0.3, 0.4) is 0 Å². The number of phenols is 1. The summed E-state index contributed by atoms with van der Waals surface area (Å²) in [7, 11) is 0. The Bertz CT molecular complexity index is 985. The SMILES string of the molecule is CC(=O)NC1(c2noc(CCC(=O)NNC(=O)c3cc(Cl)ccc3O)n2)CCCCCC1. The second-order valence-electron chi connectivity index (χ2n) is 7.85. The van der Waals surface area contributed by atoms with Gasteiger partial charge in [-0.2, -0.15) is 4.98 Å². The lowest BCUT2D eigenvalue weighted by Gasteiger charge is -2.30. The number of carbonyl (C=O) groups excluding carboxylic acids is 3. The van der Waals surface area contributed by atoms with Crippen LogP contribution in [0.25, 0.3) is 0 Å². The molecule has 3 amide bonds. The Labute approximate surface area is 190 Å². The van der Waals surface area contributed by atoms with Crippen molar-refractivity contribution in [1.82, 2.24) is 26.3 Å². The molecule has 11 heteroatoms. The second-order valence-corrected chi connectivity index (χ2v) is 8.29. The number of halogens is 1. The molecule has 3 rings (SSSR count). The van der Waals surface area contributed by atoms with Crippen LogP contribution < -0.4 is 16.2 Å². The zero-order valence-electron chi connectivity index (χ0n) is 17.7. The molecule has 1 aromatic heterocycles. The van der Waals surface area contributed by atoms with E-state index in [2.05, 4.69) is 26.3 Å². The lowest BCUT2D eigenvalue weighted by molar-refractivity contribution is -0.122. The third kappa shape index (κ3) is 5.97. The fourth-order valence-electron chi connectivity index (χ4n) is 3.79. The first-order chi connectivity index (χ1) is 15.3. The second kappa shape index (κ2) is 10.4. The Balaban J connectivity index is 1.56. The standard InChI is InChI=1S/C21H26ClN5O5/c1-13(28)24-21(10-4-2-3-5-11-21)20-23-18(32-27-20)9-8-17(30)25-26-19(31)15-12-14(22)6-7-16(15)29/h6-7,12,29H,2-5,8-11H2,1H3,(H,24,28)(H,25,30)(H,26,31). The summed E-state index contributed by atoms with van der Waals surface area (Å²) < 4.78 is 5.31. The van der Waals surface area contributed by atoms with Crippen LogP contribution in [-0.4, -0.2) is 33.0 Å². The largest absolute Gasteiger partial charge is 0.507 e. The van der Waals surface area contributed by atoms with Gasteiger partial charge in [-0.25, -0.2) is 0 Å². The van der Waals surface area contributed by atoms with Crippen molar-refractivity contribution in [2.45, 2.75) is 63.8 Å². The average molecular weight is 464 g/mol. The highest BCUT2D eigenvalue weighted by Gasteiger charge is 2.38. The maximum Gasteiger partial charge on any atom is 0.273 e. The molecule has 1 saturated carbocycles. The van der Waals surface area contributed by atoms with E-state index in [4.69, 9.17) is 16.1 Å². The predicted octanol–water partition coefficient (Wildman–Crippen LogP) is 2.51. The molecule has 1 aliphatic rings. The van der Waals surface area contributed by atoms with Gasteiger partial charge < -0.3 is 14.9 Å². The van der Waals surface area contributed by atoms with Crippen molar-refractivity contribution >= 4 is 29.3 Å². The number of hydrazine groups is 1. The minimum atomic E-state index is -0.705. The van der Waals surface area contributed by atoms with Gasteiger partial charge in [0.05, 0.1) is 5.56 Å². The van der Waals surface area contributed by atoms with Crippen LogP contribution in [0.1, 0.15) is 73.9 Å². The van der Waals surface area contributed by atoms with Crippen LogP contribution in [0.2, 0.25) is 5.02 Å². The number of nitrogens with zero attached hydrogens (tertiary/aromatic N) is 2. The van der Waals surface area contributed by atoms with E-state index in [-0.39, 0.29) is 41.0 Å². The maximum atomic E-state index is 12.1. The lowest BCUT2D eigenvalue weighted by atomic mass is 9.89. The number of hydrogen-bond acceptors (Lipinski definition) is 7. The molecule has 32 heavy (non-hydrogen) atoms. The molecule has 1 aliphatic carbocycles. The van der Waals surface area contributed by atoms with E-state index in [1.165, 1.54) is 25.1 Å². The van der Waals surface area contributed by atoms with Crippen LogP contribution in [0.4, 0.5) is 0 Å². The number of aromatic nitrogens is 2. The summed E-state index contributed by atoms with van der Waals surface area (Å²) in [6.07, 6.45) is 5.69. The zero-order valence-corrected chi connectivity index (χ0v) is 18.5. The first-order valence-corrected chi connectivity index (χ1v) is 10.9. The van der Waals surface area contributed by atoms with Gasteiger partial charge >= 0.3 is 0 Å². The summed E-state index contributed by atoms with van der Waals surface area (Å²) in [5.41, 5.74) is 3.78. The minimum absolute atomic E-state index is 0.0173. The van der Waals surface area contributed by atoms with E-state index < -0.39 is 17.4 Å². The van der Waals surface area contributed by atoms with E-state index in [0.717, 1.165) is 38.5 Å². The van der Waals surface area contributed by atoms with Crippen molar-refractivity contribution in [3.05, 3.63) is 40.5 Å². The quantitative estimate of drug-likeness (QED) is 0.380. The van der Waals surface area contributed by atoms with Gasteiger partial charge in [0, 0.05) is 24.8 Å². The minimum Gasteiger partial charge on any atom is -0.507 e. The van der Waals surface area contributed by atoms with Crippen LogP contribution in [0.5, 0.6) is 5.75 Å². The highest BCUT2D eigenvalue weighted by atomic mass is 35.5. The molecule has 10 nitrogen and oxygen atoms in total. The molecular weight excluding hydrogens is 438 g/mol. The molecule has 0 radical (unpaired) electrons. The normalized spacial score (nSPS) is 15.4. The summed E-state index contributed by atoms with van der Waals surface area (Å²) in [4.78, 5) is 40.4. The van der Waals surface area contributed by atoms with Crippen LogP contribution in [0, 0.1) is 0 Å². The number of carbonyl (C=O) groups is 3. The van der Waals surface area contributed by atoms with Gasteiger partial charge in [-0.3, -0.25) is 25.2 Å². The summed E-state index contributed by atoms with van der Waals surface area (Å²) in [6.45, 7) is 1.47. The average Bonchev–Trinajstić information content (AvgIpc) is 3.12. The van der Waals surface area contributed by atoms with Crippen molar-refractivity contribution < 1.29 is 24.0 Å². The Hall–Kier alpha value is -3.14. The molecule has 1 fully saturated rings. The molecule has 0 bridgehead atoms. The lowest BCUT2D eigenvalue weighted by Crippen LogP contribution is -2.45. The number of hydrogen-bond donors (Lipinski definition) is 4. The van der Waals surface area contributed by atoms with Gasteiger partial charge in [0.15, 0.2) is 5.82 Å². The number of benzene rings is 1. The van der Waals surface area contributed by atoms with E-state index in [1.54, 1.807) is 0 Å². The van der Waals surface area contributed by atoms with Gasteiger partial charge in [-0.1, -0.05) is 42.4 Å². The number of aryl methyl sites for hydroxylation is 1. The number of nitrogens with one attached hydrogen (secondary N) is 3. The van der Waals surface area contributed by atoms with Crippen LogP contribution in [0.15, 0.2) is 22.7 Å². The maximum absolute atomic E-state index is 12.1. The van der Waals surface area contributed by atoms with Crippen molar-refractivity contribution in [3.63, 3.8) is 0 Å². The van der Waals surface area contributed by atoms with Crippen molar-refractivity contribution in [2.24, 2.45) is 0 Å². The molecule has 0 saturated heterocycles. The smallest absolute Gasteiger partial charge is 0.273 e.